The quantitative estimate of drug-likeness (QED) is 0.770. The first kappa shape index (κ1) is 16.6. The molecule has 0 radical (unpaired) electrons. The molecule has 5 heteroatoms. The highest BCUT2D eigenvalue weighted by Crippen LogP contribution is 2.17. The van der Waals surface area contributed by atoms with Gasteiger partial charge in [0.05, 0.1) is 11.7 Å². The molecule has 0 aliphatic carbocycles. The highest BCUT2D eigenvalue weighted by molar-refractivity contribution is 5.94. The van der Waals surface area contributed by atoms with E-state index in [9.17, 15) is 9.59 Å². The number of aromatic amines is 1. The number of aryl methyl sites for hydroxylation is 1. The van der Waals surface area contributed by atoms with Gasteiger partial charge in [-0.1, -0.05) is 29.8 Å². The molecule has 0 spiro atoms. The lowest BCUT2D eigenvalue weighted by atomic mass is 10.1. The summed E-state index contributed by atoms with van der Waals surface area (Å²) < 4.78 is 0. The SMILES string of the molecule is Cc1cccc(-c2ccc(C(=O)NC(C)c3ccccn3)c(=O)[nH]2)c1. The van der Waals surface area contributed by atoms with Crippen molar-refractivity contribution < 1.29 is 4.79 Å². The third-order valence-corrected chi connectivity index (χ3v) is 3.96. The Labute approximate surface area is 145 Å². The molecule has 3 rings (SSSR count). The average molecular weight is 333 g/mol. The van der Waals surface area contributed by atoms with Gasteiger partial charge in [0.25, 0.3) is 11.5 Å². The summed E-state index contributed by atoms with van der Waals surface area (Å²) in [6.45, 7) is 3.82. The second-order valence-corrected chi connectivity index (χ2v) is 5.93. The van der Waals surface area contributed by atoms with Crippen molar-refractivity contribution in [3.8, 4) is 11.3 Å². The van der Waals surface area contributed by atoms with Crippen LogP contribution in [0.4, 0.5) is 0 Å². The third kappa shape index (κ3) is 3.83. The molecule has 5 nitrogen and oxygen atoms in total. The number of H-pyrrole nitrogens is 1. The molecule has 2 aromatic heterocycles. The molecular weight excluding hydrogens is 314 g/mol. The number of hydrogen-bond acceptors (Lipinski definition) is 3. The van der Waals surface area contributed by atoms with Crippen LogP contribution in [0.3, 0.4) is 0 Å². The summed E-state index contributed by atoms with van der Waals surface area (Å²) in [7, 11) is 0. The van der Waals surface area contributed by atoms with E-state index in [2.05, 4.69) is 15.3 Å². The average Bonchev–Trinajstić information content (AvgIpc) is 2.62. The number of carbonyl (C=O) groups excluding carboxylic acids is 1. The van der Waals surface area contributed by atoms with E-state index in [4.69, 9.17) is 0 Å². The zero-order chi connectivity index (χ0) is 17.8. The van der Waals surface area contributed by atoms with Crippen LogP contribution in [0.2, 0.25) is 0 Å². The monoisotopic (exact) mass is 333 g/mol. The number of amides is 1. The molecule has 0 fully saturated rings. The van der Waals surface area contributed by atoms with Crippen LogP contribution in [-0.4, -0.2) is 15.9 Å². The minimum atomic E-state index is -0.421. The van der Waals surface area contributed by atoms with Gasteiger partial charge in [0, 0.05) is 11.9 Å². The van der Waals surface area contributed by atoms with E-state index in [0.29, 0.717) is 5.69 Å². The molecule has 0 saturated carbocycles. The number of benzene rings is 1. The van der Waals surface area contributed by atoms with Gasteiger partial charge >= 0.3 is 0 Å². The van der Waals surface area contributed by atoms with E-state index in [1.807, 2.05) is 56.3 Å². The Balaban J connectivity index is 1.81. The maximum Gasteiger partial charge on any atom is 0.261 e. The number of aromatic nitrogens is 2. The van der Waals surface area contributed by atoms with Crippen molar-refractivity contribution in [2.24, 2.45) is 0 Å². The van der Waals surface area contributed by atoms with Crippen LogP contribution in [0.25, 0.3) is 11.3 Å². The molecule has 3 aromatic rings. The summed E-state index contributed by atoms with van der Waals surface area (Å²) in [6.07, 6.45) is 1.67. The molecule has 25 heavy (non-hydrogen) atoms. The number of pyridine rings is 2. The first-order chi connectivity index (χ1) is 12.0. The summed E-state index contributed by atoms with van der Waals surface area (Å²) in [4.78, 5) is 31.7. The molecule has 0 aliphatic rings. The van der Waals surface area contributed by atoms with Crippen LogP contribution in [0.5, 0.6) is 0 Å². The highest BCUT2D eigenvalue weighted by Gasteiger charge is 2.15. The minimum Gasteiger partial charge on any atom is -0.344 e. The summed E-state index contributed by atoms with van der Waals surface area (Å²) >= 11 is 0. The largest absolute Gasteiger partial charge is 0.344 e. The molecule has 0 aliphatic heterocycles. The van der Waals surface area contributed by atoms with E-state index in [1.165, 1.54) is 0 Å². The Kier molecular flexibility index (Phi) is 4.75. The normalized spacial score (nSPS) is 11.8. The Morgan fingerprint density at radius 2 is 1.96 bits per heavy atom. The van der Waals surface area contributed by atoms with Gasteiger partial charge in [-0.2, -0.15) is 0 Å². The molecule has 1 aromatic carbocycles. The first-order valence-electron chi connectivity index (χ1n) is 8.07. The van der Waals surface area contributed by atoms with Gasteiger partial charge in [-0.3, -0.25) is 14.6 Å². The van der Waals surface area contributed by atoms with Crippen molar-refractivity contribution in [3.05, 3.63) is 88.0 Å². The van der Waals surface area contributed by atoms with Gasteiger partial charge in [0.2, 0.25) is 0 Å². The third-order valence-electron chi connectivity index (χ3n) is 3.96. The summed E-state index contributed by atoms with van der Waals surface area (Å²) in [6, 6.07) is 16.3. The maximum absolute atomic E-state index is 12.4. The van der Waals surface area contributed by atoms with Crippen molar-refractivity contribution in [1.82, 2.24) is 15.3 Å². The molecular formula is C20H19N3O2. The van der Waals surface area contributed by atoms with E-state index in [1.54, 1.807) is 18.3 Å². The van der Waals surface area contributed by atoms with Crippen LogP contribution in [0.15, 0.2) is 65.6 Å². The van der Waals surface area contributed by atoms with Crippen LogP contribution >= 0.6 is 0 Å². The van der Waals surface area contributed by atoms with Crippen LogP contribution in [0.1, 0.15) is 34.6 Å². The van der Waals surface area contributed by atoms with Gasteiger partial charge in [0.15, 0.2) is 0 Å². The fourth-order valence-corrected chi connectivity index (χ4v) is 2.61. The van der Waals surface area contributed by atoms with Gasteiger partial charge in [0.1, 0.15) is 5.56 Å². The number of hydrogen-bond donors (Lipinski definition) is 2. The fourth-order valence-electron chi connectivity index (χ4n) is 2.61. The standard InChI is InChI=1S/C20H19N3O2/c1-13-6-5-7-15(12-13)18-10-9-16(20(25)23-18)19(24)22-14(2)17-8-3-4-11-21-17/h3-12,14H,1-2H3,(H,22,24)(H,23,25). The molecule has 1 unspecified atom stereocenters. The van der Waals surface area contributed by atoms with Crippen LogP contribution in [-0.2, 0) is 0 Å². The molecule has 1 atom stereocenters. The summed E-state index contributed by atoms with van der Waals surface area (Å²) in [5, 5.41) is 2.80. The molecule has 2 heterocycles. The van der Waals surface area contributed by atoms with Crippen LogP contribution < -0.4 is 10.9 Å². The number of nitrogens with zero attached hydrogens (tertiary/aromatic N) is 1. The summed E-state index contributed by atoms with van der Waals surface area (Å²) in [5.41, 5.74) is 3.10. The van der Waals surface area contributed by atoms with E-state index in [0.717, 1.165) is 16.8 Å². The van der Waals surface area contributed by atoms with Gasteiger partial charge in [-0.25, -0.2) is 0 Å². The topological polar surface area (TPSA) is 74.8 Å². The molecule has 126 valence electrons. The Bertz CT molecular complexity index is 948. The van der Waals surface area contributed by atoms with Gasteiger partial charge in [-0.05, 0) is 49.7 Å². The number of nitrogens with one attached hydrogen (secondary N) is 2. The van der Waals surface area contributed by atoms with Gasteiger partial charge in [-0.15, -0.1) is 0 Å². The van der Waals surface area contributed by atoms with E-state index in [-0.39, 0.29) is 11.6 Å². The zero-order valence-corrected chi connectivity index (χ0v) is 14.1. The van der Waals surface area contributed by atoms with Crippen molar-refractivity contribution in [2.75, 3.05) is 0 Å². The number of rotatable bonds is 4. The Morgan fingerprint density at radius 1 is 1.12 bits per heavy atom. The highest BCUT2D eigenvalue weighted by atomic mass is 16.2. The lowest BCUT2D eigenvalue weighted by Crippen LogP contribution is -2.31. The van der Waals surface area contributed by atoms with Crippen molar-refractivity contribution >= 4 is 5.91 Å². The molecule has 1 amide bonds. The first-order valence-corrected chi connectivity index (χ1v) is 8.07. The smallest absolute Gasteiger partial charge is 0.261 e. The Hall–Kier alpha value is -3.21. The van der Waals surface area contributed by atoms with Gasteiger partial charge < -0.3 is 10.3 Å². The lowest BCUT2D eigenvalue weighted by Gasteiger charge is -2.13. The second kappa shape index (κ2) is 7.13. The van der Waals surface area contributed by atoms with Crippen molar-refractivity contribution in [2.45, 2.75) is 19.9 Å². The minimum absolute atomic E-state index is 0.0826. The predicted octanol–water partition coefficient (Wildman–Crippen LogP) is 3.24. The molecule has 0 saturated heterocycles. The predicted molar refractivity (Wildman–Crippen MR) is 97.4 cm³/mol. The molecule has 2 N–H and O–H groups in total. The van der Waals surface area contributed by atoms with Crippen molar-refractivity contribution in [1.29, 1.82) is 0 Å². The van der Waals surface area contributed by atoms with Crippen molar-refractivity contribution in [3.63, 3.8) is 0 Å². The molecule has 0 bridgehead atoms. The maximum atomic E-state index is 12.4. The summed E-state index contributed by atoms with van der Waals surface area (Å²) in [5.74, 6) is -0.421. The van der Waals surface area contributed by atoms with E-state index >= 15 is 0 Å². The van der Waals surface area contributed by atoms with E-state index < -0.39 is 11.5 Å². The Morgan fingerprint density at radius 3 is 2.64 bits per heavy atom. The fraction of sp³-hybridized carbons (Fsp3) is 0.150. The second-order valence-electron chi connectivity index (χ2n) is 5.93. The number of carbonyl (C=O) groups is 1. The van der Waals surface area contributed by atoms with Crippen LogP contribution in [0, 0.1) is 6.92 Å². The lowest BCUT2D eigenvalue weighted by molar-refractivity contribution is 0.0937. The zero-order valence-electron chi connectivity index (χ0n) is 14.1.